The molecule has 0 aliphatic heterocycles. The molecule has 19 heavy (non-hydrogen) atoms. The van der Waals surface area contributed by atoms with Crippen LogP contribution >= 0.6 is 0 Å². The highest BCUT2D eigenvalue weighted by Crippen LogP contribution is 2.28. The van der Waals surface area contributed by atoms with Crippen LogP contribution in [0.15, 0.2) is 30.9 Å². The van der Waals surface area contributed by atoms with Gasteiger partial charge in [0.05, 0.1) is 14.2 Å². The van der Waals surface area contributed by atoms with Crippen molar-refractivity contribution in [1.29, 1.82) is 0 Å². The fourth-order valence-electron chi connectivity index (χ4n) is 2.02. The molecule has 0 aromatic heterocycles. The first-order chi connectivity index (χ1) is 9.24. The Balaban J connectivity index is 2.94. The molecule has 1 unspecified atom stereocenters. The summed E-state index contributed by atoms with van der Waals surface area (Å²) >= 11 is 0. The maximum absolute atomic E-state index is 5.33. The minimum atomic E-state index is 0.307. The van der Waals surface area contributed by atoms with Crippen LogP contribution in [-0.4, -0.2) is 20.8 Å². The number of benzene rings is 1. The third-order valence-electron chi connectivity index (χ3n) is 3.08. The molecule has 1 aromatic rings. The Labute approximate surface area is 116 Å². The van der Waals surface area contributed by atoms with Crippen molar-refractivity contribution in [2.24, 2.45) is 0 Å². The molecule has 0 amide bonds. The van der Waals surface area contributed by atoms with E-state index >= 15 is 0 Å². The standard InChI is InChI=1S/C16H25NO2/c1-5-7-8-16(17-9-6-2)13-10-14(18-3)12-15(11-13)19-4/h5,10-12,16-17H,1,6-9H2,2-4H3. The number of methoxy groups -OCH3 is 2. The smallest absolute Gasteiger partial charge is 0.122 e. The van der Waals surface area contributed by atoms with Crippen molar-refractivity contribution in [3.63, 3.8) is 0 Å². The second-order valence-corrected chi connectivity index (χ2v) is 4.52. The van der Waals surface area contributed by atoms with E-state index in [1.54, 1.807) is 14.2 Å². The fraction of sp³-hybridized carbons (Fsp3) is 0.500. The summed E-state index contributed by atoms with van der Waals surface area (Å²) in [6.45, 7) is 6.97. The summed E-state index contributed by atoms with van der Waals surface area (Å²) in [6.07, 6.45) is 5.09. The van der Waals surface area contributed by atoms with E-state index in [0.717, 1.165) is 37.3 Å². The molecule has 0 fully saturated rings. The molecule has 1 aromatic carbocycles. The van der Waals surface area contributed by atoms with Gasteiger partial charge in [-0.2, -0.15) is 0 Å². The van der Waals surface area contributed by atoms with Crippen molar-refractivity contribution in [1.82, 2.24) is 5.32 Å². The third-order valence-corrected chi connectivity index (χ3v) is 3.08. The third kappa shape index (κ3) is 4.95. The molecule has 0 saturated heterocycles. The average Bonchev–Trinajstić information content (AvgIpc) is 2.46. The Morgan fingerprint density at radius 3 is 2.32 bits per heavy atom. The van der Waals surface area contributed by atoms with Gasteiger partial charge in [0, 0.05) is 12.1 Å². The Morgan fingerprint density at radius 1 is 1.21 bits per heavy atom. The van der Waals surface area contributed by atoms with Gasteiger partial charge in [-0.15, -0.1) is 6.58 Å². The second-order valence-electron chi connectivity index (χ2n) is 4.52. The van der Waals surface area contributed by atoms with Gasteiger partial charge in [0.1, 0.15) is 11.5 Å². The van der Waals surface area contributed by atoms with E-state index in [2.05, 4.69) is 31.0 Å². The number of ether oxygens (including phenoxy) is 2. The van der Waals surface area contributed by atoms with Crippen LogP contribution in [0.2, 0.25) is 0 Å². The predicted octanol–water partition coefficient (Wildman–Crippen LogP) is 3.71. The van der Waals surface area contributed by atoms with Crippen molar-refractivity contribution >= 4 is 0 Å². The maximum Gasteiger partial charge on any atom is 0.122 e. The van der Waals surface area contributed by atoms with Gasteiger partial charge in [-0.3, -0.25) is 0 Å². The zero-order chi connectivity index (χ0) is 14.1. The van der Waals surface area contributed by atoms with Gasteiger partial charge in [-0.05, 0) is 43.5 Å². The van der Waals surface area contributed by atoms with Crippen molar-refractivity contribution in [2.45, 2.75) is 32.2 Å². The van der Waals surface area contributed by atoms with Crippen LogP contribution in [0.25, 0.3) is 0 Å². The topological polar surface area (TPSA) is 30.5 Å². The number of nitrogens with one attached hydrogen (secondary N) is 1. The minimum absolute atomic E-state index is 0.307. The molecule has 0 heterocycles. The lowest BCUT2D eigenvalue weighted by atomic mass is 10.0. The number of allylic oxidation sites excluding steroid dienone is 1. The summed E-state index contributed by atoms with van der Waals surface area (Å²) in [6, 6.07) is 6.34. The summed E-state index contributed by atoms with van der Waals surface area (Å²) in [5.41, 5.74) is 1.20. The lowest BCUT2D eigenvalue weighted by molar-refractivity contribution is 0.390. The van der Waals surface area contributed by atoms with Crippen LogP contribution < -0.4 is 14.8 Å². The van der Waals surface area contributed by atoms with Crippen LogP contribution in [0.5, 0.6) is 11.5 Å². The number of rotatable bonds is 9. The summed E-state index contributed by atoms with van der Waals surface area (Å²) in [5.74, 6) is 1.66. The molecule has 0 bridgehead atoms. The van der Waals surface area contributed by atoms with Gasteiger partial charge in [-0.25, -0.2) is 0 Å². The quantitative estimate of drug-likeness (QED) is 0.689. The molecule has 106 valence electrons. The van der Waals surface area contributed by atoms with Crippen LogP contribution in [0.1, 0.15) is 37.8 Å². The zero-order valence-corrected chi connectivity index (χ0v) is 12.2. The van der Waals surface area contributed by atoms with E-state index in [1.807, 2.05) is 12.1 Å². The molecule has 1 N–H and O–H groups in total. The van der Waals surface area contributed by atoms with Gasteiger partial charge < -0.3 is 14.8 Å². The highest BCUT2D eigenvalue weighted by Gasteiger charge is 2.12. The van der Waals surface area contributed by atoms with E-state index in [0.29, 0.717) is 6.04 Å². The summed E-state index contributed by atoms with van der Waals surface area (Å²) in [5, 5.41) is 3.56. The summed E-state index contributed by atoms with van der Waals surface area (Å²) in [4.78, 5) is 0. The molecule has 0 saturated carbocycles. The molecule has 3 nitrogen and oxygen atoms in total. The number of hydrogen-bond acceptors (Lipinski definition) is 3. The molecule has 1 atom stereocenters. The first-order valence-electron chi connectivity index (χ1n) is 6.82. The molecule has 1 rings (SSSR count). The fourth-order valence-corrected chi connectivity index (χ4v) is 2.02. The number of hydrogen-bond donors (Lipinski definition) is 1. The van der Waals surface area contributed by atoms with Gasteiger partial charge in [0.15, 0.2) is 0 Å². The monoisotopic (exact) mass is 263 g/mol. The molecule has 0 aliphatic rings. The lowest BCUT2D eigenvalue weighted by Gasteiger charge is -2.20. The van der Waals surface area contributed by atoms with Crippen molar-refractivity contribution in [3.8, 4) is 11.5 Å². The molecule has 0 radical (unpaired) electrons. The summed E-state index contributed by atoms with van der Waals surface area (Å²) < 4.78 is 10.7. The van der Waals surface area contributed by atoms with Gasteiger partial charge in [-0.1, -0.05) is 13.0 Å². The van der Waals surface area contributed by atoms with E-state index in [9.17, 15) is 0 Å². The zero-order valence-electron chi connectivity index (χ0n) is 12.2. The molecule has 0 spiro atoms. The lowest BCUT2D eigenvalue weighted by Crippen LogP contribution is -2.22. The van der Waals surface area contributed by atoms with Gasteiger partial charge >= 0.3 is 0 Å². The molecule has 0 aliphatic carbocycles. The Bertz CT molecular complexity index is 368. The minimum Gasteiger partial charge on any atom is -0.497 e. The Morgan fingerprint density at radius 2 is 1.84 bits per heavy atom. The summed E-state index contributed by atoms with van der Waals surface area (Å²) in [7, 11) is 3.35. The highest BCUT2D eigenvalue weighted by atomic mass is 16.5. The van der Waals surface area contributed by atoms with Crippen molar-refractivity contribution < 1.29 is 9.47 Å². The van der Waals surface area contributed by atoms with Crippen LogP contribution in [0.4, 0.5) is 0 Å². The van der Waals surface area contributed by atoms with Crippen LogP contribution in [-0.2, 0) is 0 Å². The van der Waals surface area contributed by atoms with E-state index in [1.165, 1.54) is 5.56 Å². The normalized spacial score (nSPS) is 11.9. The van der Waals surface area contributed by atoms with E-state index in [4.69, 9.17) is 9.47 Å². The van der Waals surface area contributed by atoms with Crippen LogP contribution in [0, 0.1) is 0 Å². The Kier molecular flexibility index (Phi) is 7.04. The van der Waals surface area contributed by atoms with Crippen molar-refractivity contribution in [2.75, 3.05) is 20.8 Å². The predicted molar refractivity (Wildman–Crippen MR) is 80.0 cm³/mol. The maximum atomic E-state index is 5.33. The largest absolute Gasteiger partial charge is 0.497 e. The van der Waals surface area contributed by atoms with Gasteiger partial charge in [0.25, 0.3) is 0 Å². The van der Waals surface area contributed by atoms with Crippen LogP contribution in [0.3, 0.4) is 0 Å². The average molecular weight is 263 g/mol. The van der Waals surface area contributed by atoms with E-state index < -0.39 is 0 Å². The molecule has 3 heteroatoms. The van der Waals surface area contributed by atoms with E-state index in [-0.39, 0.29) is 0 Å². The van der Waals surface area contributed by atoms with Crippen molar-refractivity contribution in [3.05, 3.63) is 36.4 Å². The van der Waals surface area contributed by atoms with Gasteiger partial charge in [0.2, 0.25) is 0 Å². The first kappa shape index (κ1) is 15.6. The Hall–Kier alpha value is -1.48. The highest BCUT2D eigenvalue weighted by molar-refractivity contribution is 5.39. The SMILES string of the molecule is C=CCCC(NCCC)c1cc(OC)cc(OC)c1. The second kappa shape index (κ2) is 8.59. The first-order valence-corrected chi connectivity index (χ1v) is 6.82. The molecular weight excluding hydrogens is 238 g/mol. The molecular formula is C16H25NO2.